The number of thiophene rings is 2. The molecule has 2 bridgehead atoms. The van der Waals surface area contributed by atoms with Gasteiger partial charge < -0.3 is 9.80 Å². The Labute approximate surface area is 292 Å². The fraction of sp³-hybridized carbons (Fsp3) is 0.0476. The molecule has 2 aromatic heterocycles. The Bertz CT molecular complexity index is 2620. The van der Waals surface area contributed by atoms with Crippen molar-refractivity contribution in [3.05, 3.63) is 150 Å². The number of hydrogen-bond donors (Lipinski definition) is 0. The molecule has 0 unspecified atom stereocenters. The average molecular weight is 667 g/mol. The maximum absolute atomic E-state index is 2.63. The monoisotopic (exact) mass is 666 g/mol. The van der Waals surface area contributed by atoms with Crippen molar-refractivity contribution in [2.45, 2.75) is 23.1 Å². The Morgan fingerprint density at radius 2 is 1.23 bits per heavy atom. The fourth-order valence-corrected chi connectivity index (χ4v) is 11.8. The minimum atomic E-state index is 0.150. The predicted molar refractivity (Wildman–Crippen MR) is 209 cm³/mol. The van der Waals surface area contributed by atoms with Crippen molar-refractivity contribution in [3.8, 4) is 0 Å². The third kappa shape index (κ3) is 3.76. The van der Waals surface area contributed by atoms with E-state index < -0.39 is 0 Å². The van der Waals surface area contributed by atoms with Crippen LogP contribution >= 0.6 is 34.4 Å². The third-order valence-corrected chi connectivity index (χ3v) is 13.7. The first kappa shape index (κ1) is 27.2. The Hall–Kier alpha value is -4.75. The van der Waals surface area contributed by atoms with E-state index in [9.17, 15) is 0 Å². The third-order valence-electron chi connectivity index (χ3n) is 10.1. The second kappa shape index (κ2) is 10.1. The van der Waals surface area contributed by atoms with Crippen LogP contribution in [-0.4, -0.2) is 6.71 Å². The molecule has 226 valence electrons. The summed E-state index contributed by atoms with van der Waals surface area (Å²) in [4.78, 5) is 7.81. The second-order valence-electron chi connectivity index (χ2n) is 13.0. The molecular formula is C42H27BN2S3. The quantitative estimate of drug-likeness (QED) is 0.161. The largest absolute Gasteiger partial charge is 0.310 e. The summed E-state index contributed by atoms with van der Waals surface area (Å²) in [7, 11) is 0. The molecule has 2 nitrogen and oxygen atoms in total. The van der Waals surface area contributed by atoms with E-state index in [-0.39, 0.29) is 6.71 Å². The van der Waals surface area contributed by atoms with E-state index in [1.807, 2.05) is 34.4 Å². The number of anilines is 6. The first-order valence-electron chi connectivity index (χ1n) is 16.4. The first-order chi connectivity index (χ1) is 23.7. The lowest BCUT2D eigenvalue weighted by atomic mass is 9.39. The highest BCUT2D eigenvalue weighted by Gasteiger charge is 2.47. The van der Waals surface area contributed by atoms with E-state index in [0.29, 0.717) is 0 Å². The van der Waals surface area contributed by atoms with Gasteiger partial charge in [0.25, 0.3) is 6.71 Å². The molecule has 11 rings (SSSR count). The zero-order valence-corrected chi connectivity index (χ0v) is 28.6. The van der Waals surface area contributed by atoms with E-state index >= 15 is 0 Å². The molecule has 0 radical (unpaired) electrons. The number of rotatable bonds is 1. The molecule has 0 fully saturated rings. The van der Waals surface area contributed by atoms with Gasteiger partial charge in [-0.15, -0.1) is 22.7 Å². The van der Waals surface area contributed by atoms with Gasteiger partial charge in [-0.2, -0.15) is 0 Å². The summed E-state index contributed by atoms with van der Waals surface area (Å²) in [6, 6.07) is 50.0. The van der Waals surface area contributed by atoms with E-state index in [4.69, 9.17) is 0 Å². The van der Waals surface area contributed by atoms with E-state index in [1.54, 1.807) is 0 Å². The molecule has 0 atom stereocenters. The molecule has 0 N–H and O–H groups in total. The molecule has 0 aliphatic carbocycles. The highest BCUT2D eigenvalue weighted by molar-refractivity contribution is 7.99. The highest BCUT2D eigenvalue weighted by Crippen LogP contribution is 2.52. The Kier molecular flexibility index (Phi) is 5.75. The van der Waals surface area contributed by atoms with Crippen LogP contribution in [0.15, 0.2) is 143 Å². The summed E-state index contributed by atoms with van der Waals surface area (Å²) in [5.74, 6) is 0. The molecule has 0 saturated heterocycles. The van der Waals surface area contributed by atoms with Gasteiger partial charge in [0.2, 0.25) is 0 Å². The fourth-order valence-electron chi connectivity index (χ4n) is 8.15. The van der Waals surface area contributed by atoms with Gasteiger partial charge in [-0.1, -0.05) is 84.6 Å². The molecule has 0 amide bonds. The topological polar surface area (TPSA) is 6.48 Å². The molecule has 3 aliphatic rings. The van der Waals surface area contributed by atoms with Crippen molar-refractivity contribution in [2.75, 3.05) is 9.80 Å². The summed E-state index contributed by atoms with van der Waals surface area (Å²) >= 11 is 5.85. The van der Waals surface area contributed by atoms with Crippen LogP contribution < -0.4 is 24.8 Å². The van der Waals surface area contributed by atoms with Crippen LogP contribution in [-0.2, 0) is 6.42 Å². The molecule has 0 spiro atoms. The van der Waals surface area contributed by atoms with Crippen molar-refractivity contribution in [3.63, 3.8) is 0 Å². The van der Waals surface area contributed by atoms with Gasteiger partial charge in [0.15, 0.2) is 0 Å². The number of benzene rings is 6. The lowest BCUT2D eigenvalue weighted by Gasteiger charge is -2.42. The van der Waals surface area contributed by atoms with Crippen LogP contribution in [0.1, 0.15) is 16.7 Å². The number of para-hydroxylation sites is 2. The average Bonchev–Trinajstić information content (AvgIpc) is 3.68. The number of fused-ring (bicyclic) bond motifs is 10. The maximum Gasteiger partial charge on any atom is 0.277 e. The lowest BCUT2D eigenvalue weighted by Crippen LogP contribution is -2.59. The van der Waals surface area contributed by atoms with Gasteiger partial charge >= 0.3 is 0 Å². The first-order valence-corrected chi connectivity index (χ1v) is 18.9. The van der Waals surface area contributed by atoms with Crippen molar-refractivity contribution in [2.24, 2.45) is 0 Å². The summed E-state index contributed by atoms with van der Waals surface area (Å²) < 4.78 is 5.56. The minimum absolute atomic E-state index is 0.150. The van der Waals surface area contributed by atoms with Gasteiger partial charge in [-0.3, -0.25) is 0 Å². The molecule has 6 heteroatoms. The van der Waals surface area contributed by atoms with Gasteiger partial charge in [0.1, 0.15) is 0 Å². The molecule has 0 saturated carbocycles. The van der Waals surface area contributed by atoms with Crippen LogP contribution in [0.25, 0.3) is 20.2 Å². The van der Waals surface area contributed by atoms with Crippen molar-refractivity contribution >= 4 is 110 Å². The van der Waals surface area contributed by atoms with Gasteiger partial charge in [0.05, 0.1) is 11.4 Å². The minimum Gasteiger partial charge on any atom is -0.310 e. The SMILES string of the molecule is Cc1cc2c3c(c1)N1c4ccccc4Cc4ccccc4Sc4ccc5sc(c1c5c4)B3c1sc3ccccc3c1N2c1ccccc1. The molecule has 5 heterocycles. The zero-order valence-electron chi connectivity index (χ0n) is 26.1. The number of aryl methyl sites for hydroxylation is 1. The highest BCUT2D eigenvalue weighted by atomic mass is 32.2. The van der Waals surface area contributed by atoms with Crippen molar-refractivity contribution in [1.82, 2.24) is 0 Å². The van der Waals surface area contributed by atoms with Crippen molar-refractivity contribution < 1.29 is 0 Å². The molecule has 8 aromatic rings. The standard InChI is InChI=1S/C42H27BN2S3/c1-25-21-33-38-34(22-25)45-32-16-8-5-11-26(32)23-27-12-6-9-17-35(27)46-29-19-20-37-31(24-29)40(45)42(48-37)43(38)41-39(30-15-7-10-18-36(30)47-41)44(33)28-13-3-2-4-14-28/h2-22,24H,23H2,1H3. The summed E-state index contributed by atoms with van der Waals surface area (Å²) in [5, 5.41) is 2.67. The Morgan fingerprint density at radius 1 is 0.562 bits per heavy atom. The number of nitrogens with zero attached hydrogens (tertiary/aromatic N) is 2. The lowest BCUT2D eigenvalue weighted by molar-refractivity contribution is 1.11. The van der Waals surface area contributed by atoms with E-state index in [0.717, 1.165) is 6.42 Å². The van der Waals surface area contributed by atoms with Crippen LogP contribution in [0.2, 0.25) is 0 Å². The molecular weight excluding hydrogens is 639 g/mol. The van der Waals surface area contributed by atoms with Gasteiger partial charge in [0, 0.05) is 68.7 Å². The van der Waals surface area contributed by atoms with Gasteiger partial charge in [-0.25, -0.2) is 0 Å². The van der Waals surface area contributed by atoms with Crippen molar-refractivity contribution in [1.29, 1.82) is 0 Å². The smallest absolute Gasteiger partial charge is 0.277 e. The van der Waals surface area contributed by atoms with E-state index in [1.165, 1.54) is 95.8 Å². The van der Waals surface area contributed by atoms with E-state index in [2.05, 4.69) is 150 Å². The predicted octanol–water partition coefficient (Wildman–Crippen LogP) is 10.6. The van der Waals surface area contributed by atoms with Crippen LogP contribution in [0.5, 0.6) is 0 Å². The van der Waals surface area contributed by atoms with Crippen LogP contribution in [0.3, 0.4) is 0 Å². The number of hydrogen-bond acceptors (Lipinski definition) is 5. The molecule has 48 heavy (non-hydrogen) atoms. The summed E-state index contributed by atoms with van der Waals surface area (Å²) in [5.41, 5.74) is 13.1. The zero-order chi connectivity index (χ0) is 31.5. The van der Waals surface area contributed by atoms with Crippen LogP contribution in [0, 0.1) is 6.92 Å². The normalized spacial score (nSPS) is 14.1. The maximum atomic E-state index is 2.63. The Morgan fingerprint density at radius 3 is 2.08 bits per heavy atom. The molecule has 3 aliphatic heterocycles. The van der Waals surface area contributed by atoms with Gasteiger partial charge in [-0.05, 0) is 89.7 Å². The molecule has 6 aromatic carbocycles. The Balaban J connectivity index is 1.30. The summed E-state index contributed by atoms with van der Waals surface area (Å²) in [6.07, 6.45) is 0.878. The second-order valence-corrected chi connectivity index (χ2v) is 16.2. The van der Waals surface area contributed by atoms with Crippen LogP contribution in [0.4, 0.5) is 34.1 Å². The summed E-state index contributed by atoms with van der Waals surface area (Å²) in [6.45, 7) is 2.41.